The smallest absolute Gasteiger partial charge is 0.356 e. The SMILES string of the molecule is COc1ccc(COC(=O)C(N2C(=O)[C@H]([C@@H](C)O[Si](C)(C)C(C)(C)C)[C@H]2[C@@H](CO[Si](C)(C)C(C)(C)C)[C@@H](O)CSc2nncs2)=P(c2ccccc2)(c2ccccc2)c2ccccc2)cc1. The van der Waals surface area contributed by atoms with Crippen LogP contribution in [0.4, 0.5) is 0 Å². The monoisotopic (exact) mass is 985 g/mol. The third-order valence-corrected chi connectivity index (χ3v) is 29.1. The molecule has 0 radical (unpaired) electrons. The molecule has 0 unspecified atom stereocenters. The molecule has 4 aromatic carbocycles. The molecule has 1 saturated heterocycles. The quantitative estimate of drug-likeness (QED) is 0.0282. The first kappa shape index (κ1) is 51.5. The summed E-state index contributed by atoms with van der Waals surface area (Å²) in [7, 11) is -3.29. The van der Waals surface area contributed by atoms with E-state index in [4.69, 9.17) is 18.3 Å². The van der Waals surface area contributed by atoms with Crippen molar-refractivity contribution in [2.45, 2.75) is 114 Å². The Kier molecular flexibility index (Phi) is 16.6. The number of amides is 1. The minimum absolute atomic E-state index is 0.0509. The number of nitrogens with zero attached hydrogens (tertiary/aromatic N) is 3. The van der Waals surface area contributed by atoms with Gasteiger partial charge in [-0.05, 0) is 76.8 Å². The highest BCUT2D eigenvalue weighted by atomic mass is 32.2. The van der Waals surface area contributed by atoms with Crippen molar-refractivity contribution >= 4 is 79.8 Å². The number of likely N-dealkylation sites (tertiary alicyclic amines) is 1. The van der Waals surface area contributed by atoms with Gasteiger partial charge in [0.15, 0.2) is 21.0 Å². The molecule has 1 aliphatic heterocycles. The van der Waals surface area contributed by atoms with E-state index in [1.807, 2.05) is 85.8 Å². The number of methoxy groups -OCH3 is 1. The molecule has 6 rings (SSSR count). The largest absolute Gasteiger partial charge is 0.497 e. The highest BCUT2D eigenvalue weighted by molar-refractivity contribution is 8.01. The minimum Gasteiger partial charge on any atom is -0.497 e. The van der Waals surface area contributed by atoms with Crippen LogP contribution in [0.25, 0.3) is 0 Å². The van der Waals surface area contributed by atoms with Crippen molar-refractivity contribution in [2.75, 3.05) is 19.5 Å². The van der Waals surface area contributed by atoms with E-state index < -0.39 is 59.6 Å². The van der Waals surface area contributed by atoms with Gasteiger partial charge in [0.05, 0.1) is 31.3 Å². The fourth-order valence-electron chi connectivity index (χ4n) is 7.99. The second-order valence-corrected chi connectivity index (χ2v) is 35.0. The number of aliphatic hydroxyl groups excluding tert-OH is 1. The zero-order valence-corrected chi connectivity index (χ0v) is 45.1. The van der Waals surface area contributed by atoms with Gasteiger partial charge in [0.25, 0.3) is 0 Å². The number of aliphatic hydroxyl groups is 1. The Labute approximate surface area is 403 Å². The molecule has 0 saturated carbocycles. The summed E-state index contributed by atoms with van der Waals surface area (Å²) in [4.78, 5) is 33.5. The maximum Gasteiger partial charge on any atom is 0.356 e. The first-order chi connectivity index (χ1) is 31.1. The molecule has 10 nitrogen and oxygen atoms in total. The number of carbonyl (C=O) groups excluding carboxylic acids is 2. The van der Waals surface area contributed by atoms with Crippen molar-refractivity contribution < 1.29 is 33.0 Å². The summed E-state index contributed by atoms with van der Waals surface area (Å²) in [6.45, 7) is 20.7. The van der Waals surface area contributed by atoms with Crippen LogP contribution in [-0.4, -0.2) is 91.9 Å². The van der Waals surface area contributed by atoms with E-state index >= 15 is 9.59 Å². The molecule has 1 N–H and O–H groups in total. The molecule has 1 aliphatic rings. The fraction of sp³-hybridized carbons (Fsp3) is 0.431. The Hall–Kier alpha value is -3.86. The number of benzene rings is 4. The lowest BCUT2D eigenvalue weighted by Crippen LogP contribution is -2.73. The molecular weight excluding hydrogens is 918 g/mol. The lowest BCUT2D eigenvalue weighted by molar-refractivity contribution is -0.164. The predicted octanol–water partition coefficient (Wildman–Crippen LogP) is 9.74. The van der Waals surface area contributed by atoms with Crippen molar-refractivity contribution in [2.24, 2.45) is 11.8 Å². The van der Waals surface area contributed by atoms with Crippen LogP contribution in [0.1, 0.15) is 54.0 Å². The topological polar surface area (TPSA) is 120 Å². The second-order valence-electron chi connectivity index (χ2n) is 20.1. The highest BCUT2D eigenvalue weighted by Gasteiger charge is 2.60. The third-order valence-electron chi connectivity index (χ3n) is 13.8. The molecule has 1 amide bonds. The summed E-state index contributed by atoms with van der Waals surface area (Å²) in [6, 6.07) is 36.7. The van der Waals surface area contributed by atoms with E-state index in [0.29, 0.717) is 5.75 Å². The number of β-lactam (4-membered cyclic amide) rings is 1. The lowest BCUT2D eigenvalue weighted by atomic mass is 9.74. The molecule has 5 atom stereocenters. The van der Waals surface area contributed by atoms with Crippen molar-refractivity contribution in [1.29, 1.82) is 0 Å². The van der Waals surface area contributed by atoms with E-state index in [1.165, 1.54) is 23.1 Å². The summed E-state index contributed by atoms with van der Waals surface area (Å²) < 4.78 is 26.9. The van der Waals surface area contributed by atoms with Crippen LogP contribution < -0.4 is 20.7 Å². The summed E-state index contributed by atoms with van der Waals surface area (Å²) in [5.74, 6) is -1.33. The van der Waals surface area contributed by atoms with E-state index in [-0.39, 0.29) is 40.4 Å². The summed E-state index contributed by atoms with van der Waals surface area (Å²) in [6.07, 6.45) is -1.56. The maximum atomic E-state index is 15.9. The molecule has 0 aliphatic carbocycles. The molecular formula is C51H68N3O7PS2Si2. The molecule has 2 heterocycles. The normalized spacial score (nSPS) is 17.4. The predicted molar refractivity (Wildman–Crippen MR) is 278 cm³/mol. The highest BCUT2D eigenvalue weighted by Crippen LogP contribution is 2.52. The number of carbonyl (C=O) groups is 2. The van der Waals surface area contributed by atoms with Gasteiger partial charge in [0.1, 0.15) is 23.3 Å². The zero-order valence-electron chi connectivity index (χ0n) is 40.6. The molecule has 1 fully saturated rings. The van der Waals surface area contributed by atoms with Crippen LogP contribution in [-0.2, 0) is 29.8 Å². The Morgan fingerprint density at radius 2 is 1.33 bits per heavy atom. The number of thioether (sulfide) groups is 1. The first-order valence-corrected chi connectivity index (χ1v) is 32.1. The van der Waals surface area contributed by atoms with Crippen molar-refractivity contribution in [3.05, 3.63) is 126 Å². The Bertz CT molecular complexity index is 2330. The lowest BCUT2D eigenvalue weighted by Gasteiger charge is -2.56. The molecule has 354 valence electrons. The van der Waals surface area contributed by atoms with Crippen LogP contribution >= 0.6 is 30.0 Å². The average molecular weight is 986 g/mol. The van der Waals surface area contributed by atoms with Gasteiger partial charge in [0, 0.05) is 25.2 Å². The van der Waals surface area contributed by atoms with Crippen LogP contribution in [0.15, 0.2) is 125 Å². The Morgan fingerprint density at radius 1 is 0.818 bits per heavy atom. The van der Waals surface area contributed by atoms with E-state index in [0.717, 1.165) is 25.8 Å². The van der Waals surface area contributed by atoms with E-state index in [1.54, 1.807) is 17.5 Å². The number of esters is 1. The van der Waals surface area contributed by atoms with Gasteiger partial charge in [0.2, 0.25) is 5.91 Å². The number of aromatic nitrogens is 2. The molecule has 0 spiro atoms. The number of hydrogen-bond donors (Lipinski definition) is 1. The van der Waals surface area contributed by atoms with Gasteiger partial charge >= 0.3 is 5.97 Å². The van der Waals surface area contributed by atoms with Gasteiger partial charge in [-0.2, -0.15) is 0 Å². The minimum atomic E-state index is -3.32. The first-order valence-electron chi connectivity index (χ1n) is 22.6. The summed E-state index contributed by atoms with van der Waals surface area (Å²) in [5.41, 5.74) is 2.68. The van der Waals surface area contributed by atoms with Gasteiger partial charge in [-0.1, -0.05) is 168 Å². The average Bonchev–Trinajstić information content (AvgIpc) is 3.81. The molecule has 0 bridgehead atoms. The Balaban J connectivity index is 1.68. The molecule has 1 aromatic heterocycles. The van der Waals surface area contributed by atoms with Crippen LogP contribution in [0.3, 0.4) is 0 Å². The summed E-state index contributed by atoms with van der Waals surface area (Å²) in [5, 5.41) is 23.4. The summed E-state index contributed by atoms with van der Waals surface area (Å²) >= 11 is 2.83. The van der Waals surface area contributed by atoms with Gasteiger partial charge < -0.3 is 28.3 Å². The maximum absolute atomic E-state index is 15.9. The van der Waals surface area contributed by atoms with E-state index in [2.05, 4.69) is 114 Å². The number of rotatable bonds is 19. The van der Waals surface area contributed by atoms with Crippen LogP contribution in [0.5, 0.6) is 5.75 Å². The third kappa shape index (κ3) is 11.0. The van der Waals surface area contributed by atoms with Crippen molar-refractivity contribution in [1.82, 2.24) is 15.1 Å². The Morgan fingerprint density at radius 3 is 1.79 bits per heavy atom. The van der Waals surface area contributed by atoms with Crippen LogP contribution in [0.2, 0.25) is 36.3 Å². The van der Waals surface area contributed by atoms with Gasteiger partial charge in [-0.3, -0.25) is 4.79 Å². The standard InChI is InChI=1S/C51H68N3O7PS2Si2/c1-36(61-66(11,12)51(5,6)7)44-45(42(33-60-65(9,10)50(2,3)4)43(55)34-63-49-53-52-35-64-49)54(46(44)56)47(48(57)59-32-37-28-30-38(58-8)31-29-37)62(39-22-16-13-17-23-39,40-24-18-14-19-25-40)41-26-20-15-21-27-41/h13-31,35-36,42-45,55H,32-34H2,1-12H3/t36-,42+,43+,44-,45-/m1/s1. The van der Waals surface area contributed by atoms with Crippen molar-refractivity contribution in [3.63, 3.8) is 0 Å². The van der Waals surface area contributed by atoms with Crippen molar-refractivity contribution in [3.8, 4) is 5.75 Å². The number of ether oxygens (including phenoxy) is 2. The van der Waals surface area contributed by atoms with E-state index in [9.17, 15) is 5.11 Å². The molecule has 5 aromatic rings. The molecule has 15 heteroatoms. The zero-order chi connectivity index (χ0) is 48.1. The second kappa shape index (κ2) is 21.2. The van der Waals surface area contributed by atoms with Gasteiger partial charge in [-0.25, -0.2) is 4.79 Å². The molecule has 66 heavy (non-hydrogen) atoms. The van der Waals surface area contributed by atoms with Gasteiger partial charge in [-0.15, -0.1) is 10.2 Å². The number of hydrogen-bond acceptors (Lipinski definition) is 11. The fourth-order valence-corrected chi connectivity index (χ4v) is 16.4. The van der Waals surface area contributed by atoms with Crippen LogP contribution in [0, 0.1) is 11.8 Å².